The third kappa shape index (κ3) is 3.93. The van der Waals surface area contributed by atoms with Crippen molar-refractivity contribution in [3.63, 3.8) is 0 Å². The smallest absolute Gasteiger partial charge is 0.277 e. The van der Waals surface area contributed by atoms with Crippen molar-refractivity contribution in [3.05, 3.63) is 65.2 Å². The lowest BCUT2D eigenvalue weighted by atomic mass is 10.1. The largest absolute Gasteiger partial charge is 0.411 e. The van der Waals surface area contributed by atoms with Crippen LogP contribution in [0.1, 0.15) is 22.8 Å². The van der Waals surface area contributed by atoms with Crippen molar-refractivity contribution in [1.29, 1.82) is 0 Å². The molecule has 0 aliphatic rings. The molecule has 0 N–H and O–H groups in total. The van der Waals surface area contributed by atoms with E-state index in [0.717, 1.165) is 35.0 Å². The van der Waals surface area contributed by atoms with Crippen LogP contribution in [0.2, 0.25) is 0 Å². The van der Waals surface area contributed by atoms with Crippen molar-refractivity contribution < 1.29 is 18.0 Å². The fourth-order valence-corrected chi connectivity index (χ4v) is 2.92. The van der Waals surface area contributed by atoms with E-state index in [1.54, 1.807) is 6.92 Å². The molecule has 1 heterocycles. The lowest BCUT2D eigenvalue weighted by molar-refractivity contribution is 0.0993. The molecule has 0 spiro atoms. The SMILES string of the molecule is Cc1ccc(-c2nnc(S[C@H](C)C(=O)c3ccc(F)c(F)c3)o2)cc1. The first-order chi connectivity index (χ1) is 11.9. The van der Waals surface area contributed by atoms with Crippen molar-refractivity contribution in [2.45, 2.75) is 24.3 Å². The molecule has 128 valence electrons. The monoisotopic (exact) mass is 360 g/mol. The van der Waals surface area contributed by atoms with Crippen molar-refractivity contribution in [3.8, 4) is 11.5 Å². The van der Waals surface area contributed by atoms with Crippen LogP contribution in [-0.4, -0.2) is 21.2 Å². The summed E-state index contributed by atoms with van der Waals surface area (Å²) in [4.78, 5) is 12.3. The van der Waals surface area contributed by atoms with Gasteiger partial charge in [-0.2, -0.15) is 0 Å². The van der Waals surface area contributed by atoms with E-state index in [0.29, 0.717) is 5.89 Å². The van der Waals surface area contributed by atoms with E-state index in [2.05, 4.69) is 10.2 Å². The number of carbonyl (C=O) groups excluding carboxylic acids is 1. The van der Waals surface area contributed by atoms with Gasteiger partial charge in [-0.25, -0.2) is 8.78 Å². The number of ketones is 1. The Labute approximate surface area is 147 Å². The number of benzene rings is 2. The van der Waals surface area contributed by atoms with E-state index in [1.807, 2.05) is 31.2 Å². The zero-order chi connectivity index (χ0) is 18.0. The molecule has 2 aromatic carbocycles. The van der Waals surface area contributed by atoms with Gasteiger partial charge in [0, 0.05) is 11.1 Å². The predicted molar refractivity (Wildman–Crippen MR) is 90.5 cm³/mol. The Balaban J connectivity index is 1.72. The molecule has 0 aliphatic carbocycles. The van der Waals surface area contributed by atoms with E-state index in [9.17, 15) is 13.6 Å². The number of aromatic nitrogens is 2. The number of hydrogen-bond acceptors (Lipinski definition) is 5. The number of rotatable bonds is 5. The Bertz CT molecular complexity index is 910. The molecule has 4 nitrogen and oxygen atoms in total. The van der Waals surface area contributed by atoms with Gasteiger partial charge >= 0.3 is 0 Å². The first kappa shape index (κ1) is 17.3. The Hall–Kier alpha value is -2.54. The van der Waals surface area contributed by atoms with Gasteiger partial charge in [0.05, 0.1) is 5.25 Å². The van der Waals surface area contributed by atoms with Crippen LogP contribution in [0.3, 0.4) is 0 Å². The Morgan fingerprint density at radius 2 is 1.80 bits per heavy atom. The van der Waals surface area contributed by atoms with Gasteiger partial charge in [-0.3, -0.25) is 4.79 Å². The number of carbonyl (C=O) groups is 1. The van der Waals surface area contributed by atoms with E-state index >= 15 is 0 Å². The second kappa shape index (κ2) is 7.14. The standard InChI is InChI=1S/C18H14F2N2O2S/c1-10-3-5-12(6-4-10)17-21-22-18(24-17)25-11(2)16(23)13-7-8-14(19)15(20)9-13/h3-9,11H,1-2H3/t11-/m1/s1. The van der Waals surface area contributed by atoms with Crippen LogP contribution in [-0.2, 0) is 0 Å². The number of Topliss-reactive ketones (excluding diaryl/α,β-unsaturated/α-hetero) is 1. The van der Waals surface area contributed by atoms with E-state index in [4.69, 9.17) is 4.42 Å². The predicted octanol–water partition coefficient (Wildman–Crippen LogP) is 4.69. The fraction of sp³-hybridized carbons (Fsp3) is 0.167. The van der Waals surface area contributed by atoms with Crippen molar-refractivity contribution in [2.75, 3.05) is 0 Å². The summed E-state index contributed by atoms with van der Waals surface area (Å²) in [5.41, 5.74) is 1.99. The molecule has 0 fully saturated rings. The molecule has 1 aromatic heterocycles. The molecule has 0 saturated carbocycles. The molecule has 7 heteroatoms. The molecule has 3 rings (SSSR count). The molecule has 0 radical (unpaired) electrons. The van der Waals surface area contributed by atoms with Gasteiger partial charge in [-0.1, -0.05) is 29.5 Å². The molecule has 0 unspecified atom stereocenters. The normalized spacial score (nSPS) is 12.2. The molecule has 3 aromatic rings. The van der Waals surface area contributed by atoms with Crippen LogP contribution in [0.25, 0.3) is 11.5 Å². The average molecular weight is 360 g/mol. The molecular weight excluding hydrogens is 346 g/mol. The minimum atomic E-state index is -1.05. The quantitative estimate of drug-likeness (QED) is 0.488. The topological polar surface area (TPSA) is 56.0 Å². The highest BCUT2D eigenvalue weighted by Gasteiger charge is 2.21. The van der Waals surface area contributed by atoms with Crippen LogP contribution < -0.4 is 0 Å². The minimum Gasteiger partial charge on any atom is -0.411 e. The van der Waals surface area contributed by atoms with Gasteiger partial charge in [-0.15, -0.1) is 10.2 Å². The fourth-order valence-electron chi connectivity index (χ4n) is 2.16. The highest BCUT2D eigenvalue weighted by molar-refractivity contribution is 8.00. The third-order valence-electron chi connectivity index (χ3n) is 3.56. The van der Waals surface area contributed by atoms with Gasteiger partial charge < -0.3 is 4.42 Å². The maximum absolute atomic E-state index is 13.3. The number of thioether (sulfide) groups is 1. The molecule has 0 saturated heterocycles. The number of hydrogen-bond donors (Lipinski definition) is 0. The lowest BCUT2D eigenvalue weighted by Crippen LogP contribution is -2.14. The van der Waals surface area contributed by atoms with Gasteiger partial charge in [0.25, 0.3) is 5.22 Å². The highest BCUT2D eigenvalue weighted by Crippen LogP contribution is 2.28. The highest BCUT2D eigenvalue weighted by atomic mass is 32.2. The summed E-state index contributed by atoms with van der Waals surface area (Å²) in [5, 5.41) is 7.54. The molecule has 0 amide bonds. The summed E-state index contributed by atoms with van der Waals surface area (Å²) in [7, 11) is 0. The van der Waals surface area contributed by atoms with Crippen LogP contribution >= 0.6 is 11.8 Å². The Morgan fingerprint density at radius 3 is 2.48 bits per heavy atom. The first-order valence-corrected chi connectivity index (χ1v) is 8.38. The van der Waals surface area contributed by atoms with Crippen LogP contribution in [0.5, 0.6) is 0 Å². The summed E-state index contributed by atoms with van der Waals surface area (Å²) in [6.45, 7) is 3.62. The maximum atomic E-state index is 13.3. The van der Waals surface area contributed by atoms with Gasteiger partial charge in [0.1, 0.15) is 0 Å². The zero-order valence-electron chi connectivity index (χ0n) is 13.5. The van der Waals surface area contributed by atoms with Crippen LogP contribution in [0.4, 0.5) is 8.78 Å². The van der Waals surface area contributed by atoms with E-state index < -0.39 is 16.9 Å². The molecular formula is C18H14F2N2O2S. The van der Waals surface area contributed by atoms with Gasteiger partial charge in [-0.05, 0) is 44.2 Å². The van der Waals surface area contributed by atoms with E-state index in [1.165, 1.54) is 6.07 Å². The molecule has 25 heavy (non-hydrogen) atoms. The van der Waals surface area contributed by atoms with Crippen LogP contribution in [0, 0.1) is 18.6 Å². The number of aryl methyl sites for hydroxylation is 1. The Kier molecular flexibility index (Phi) is 4.94. The summed E-state index contributed by atoms with van der Waals surface area (Å²) in [5.74, 6) is -2.03. The van der Waals surface area contributed by atoms with Gasteiger partial charge in [0.15, 0.2) is 17.4 Å². The van der Waals surface area contributed by atoms with Crippen molar-refractivity contribution in [2.24, 2.45) is 0 Å². The molecule has 1 atom stereocenters. The summed E-state index contributed by atoms with van der Waals surface area (Å²) in [6, 6.07) is 10.7. The van der Waals surface area contributed by atoms with Crippen molar-refractivity contribution >= 4 is 17.5 Å². The van der Waals surface area contributed by atoms with Gasteiger partial charge in [0.2, 0.25) is 5.89 Å². The third-order valence-corrected chi connectivity index (χ3v) is 4.49. The molecule has 0 aliphatic heterocycles. The lowest BCUT2D eigenvalue weighted by Gasteiger charge is -2.07. The second-order valence-corrected chi connectivity index (χ2v) is 6.78. The summed E-state index contributed by atoms with van der Waals surface area (Å²) < 4.78 is 31.8. The maximum Gasteiger partial charge on any atom is 0.277 e. The first-order valence-electron chi connectivity index (χ1n) is 7.50. The average Bonchev–Trinajstić information content (AvgIpc) is 3.05. The molecule has 0 bridgehead atoms. The number of nitrogens with zero attached hydrogens (tertiary/aromatic N) is 2. The second-order valence-electron chi connectivity index (χ2n) is 5.49. The van der Waals surface area contributed by atoms with E-state index in [-0.39, 0.29) is 16.6 Å². The van der Waals surface area contributed by atoms with Crippen molar-refractivity contribution in [1.82, 2.24) is 10.2 Å². The van der Waals surface area contributed by atoms with Crippen LogP contribution in [0.15, 0.2) is 52.1 Å². The summed E-state index contributed by atoms with van der Waals surface area (Å²) in [6.07, 6.45) is 0. The minimum absolute atomic E-state index is 0.0946. The Morgan fingerprint density at radius 1 is 1.08 bits per heavy atom. The zero-order valence-corrected chi connectivity index (χ0v) is 14.3. The number of halogens is 2. The summed E-state index contributed by atoms with van der Waals surface area (Å²) >= 11 is 1.07.